The van der Waals surface area contributed by atoms with Crippen molar-refractivity contribution in [2.75, 3.05) is 0 Å². The number of piperidine rings is 2. The third-order valence-electron chi connectivity index (χ3n) is 3.65. The van der Waals surface area contributed by atoms with Crippen LogP contribution in [0.3, 0.4) is 0 Å². The Hall–Kier alpha value is -0.610. The molecule has 1 aromatic rings. The van der Waals surface area contributed by atoms with Gasteiger partial charge in [-0.25, -0.2) is 4.98 Å². The van der Waals surface area contributed by atoms with E-state index in [0.717, 1.165) is 23.3 Å². The Morgan fingerprint density at radius 2 is 2.00 bits per heavy atom. The molecule has 1 N–H and O–H groups in total. The van der Waals surface area contributed by atoms with Gasteiger partial charge in [-0.2, -0.15) is 0 Å². The molecule has 0 saturated carbocycles. The zero-order valence-corrected chi connectivity index (χ0v) is 11.3. The van der Waals surface area contributed by atoms with Gasteiger partial charge in [0.2, 0.25) is 5.88 Å². The summed E-state index contributed by atoms with van der Waals surface area (Å²) in [6.07, 6.45) is 6.51. The van der Waals surface area contributed by atoms with Crippen LogP contribution < -0.4 is 10.1 Å². The lowest BCUT2D eigenvalue weighted by atomic mass is 9.85. The Morgan fingerprint density at radius 1 is 1.24 bits per heavy atom. The molecule has 0 amide bonds. The van der Waals surface area contributed by atoms with Gasteiger partial charge in [0.15, 0.2) is 0 Å². The molecule has 2 unspecified atom stereocenters. The molecular weight excluding hydrogens is 280 g/mol. The first-order valence-electron chi connectivity index (χ1n) is 6.35. The lowest BCUT2D eigenvalue weighted by Gasteiger charge is -2.40. The zero-order chi connectivity index (χ0) is 11.7. The third kappa shape index (κ3) is 2.80. The van der Waals surface area contributed by atoms with Gasteiger partial charge in [0.05, 0.1) is 0 Å². The SMILES string of the molecule is Brc1cccc(OC2CC3CCCC(C2)N3)n1. The molecule has 3 rings (SSSR count). The normalized spacial score (nSPS) is 32.2. The van der Waals surface area contributed by atoms with E-state index < -0.39 is 0 Å². The van der Waals surface area contributed by atoms with Crippen LogP contribution in [0.4, 0.5) is 0 Å². The predicted molar refractivity (Wildman–Crippen MR) is 70.1 cm³/mol. The summed E-state index contributed by atoms with van der Waals surface area (Å²) in [6.45, 7) is 0. The Balaban J connectivity index is 1.65. The number of pyridine rings is 1. The van der Waals surface area contributed by atoms with E-state index in [-0.39, 0.29) is 0 Å². The number of ether oxygens (including phenoxy) is 1. The molecule has 2 aliphatic rings. The zero-order valence-electron chi connectivity index (χ0n) is 9.73. The van der Waals surface area contributed by atoms with Crippen molar-refractivity contribution in [1.29, 1.82) is 0 Å². The summed E-state index contributed by atoms with van der Waals surface area (Å²) in [7, 11) is 0. The quantitative estimate of drug-likeness (QED) is 0.852. The van der Waals surface area contributed by atoms with Crippen molar-refractivity contribution in [2.24, 2.45) is 0 Å². The monoisotopic (exact) mass is 296 g/mol. The molecule has 2 aliphatic heterocycles. The van der Waals surface area contributed by atoms with Gasteiger partial charge in [0, 0.05) is 18.2 Å². The van der Waals surface area contributed by atoms with E-state index in [9.17, 15) is 0 Å². The molecule has 2 bridgehead atoms. The Labute approximate surface area is 110 Å². The number of halogens is 1. The summed E-state index contributed by atoms with van der Waals surface area (Å²) in [4.78, 5) is 4.34. The topological polar surface area (TPSA) is 34.1 Å². The molecule has 0 aliphatic carbocycles. The summed E-state index contributed by atoms with van der Waals surface area (Å²) < 4.78 is 6.83. The third-order valence-corrected chi connectivity index (χ3v) is 4.09. The van der Waals surface area contributed by atoms with Crippen molar-refractivity contribution in [3.05, 3.63) is 22.8 Å². The summed E-state index contributed by atoms with van der Waals surface area (Å²) >= 11 is 3.37. The van der Waals surface area contributed by atoms with E-state index in [1.165, 1.54) is 19.3 Å². The van der Waals surface area contributed by atoms with Gasteiger partial charge in [-0.3, -0.25) is 0 Å². The largest absolute Gasteiger partial charge is 0.474 e. The van der Waals surface area contributed by atoms with Crippen molar-refractivity contribution in [3.63, 3.8) is 0 Å². The summed E-state index contributed by atoms with van der Waals surface area (Å²) in [6, 6.07) is 7.13. The van der Waals surface area contributed by atoms with Crippen molar-refractivity contribution in [2.45, 2.75) is 50.3 Å². The highest BCUT2D eigenvalue weighted by Crippen LogP contribution is 2.28. The number of nitrogens with zero attached hydrogens (tertiary/aromatic N) is 1. The van der Waals surface area contributed by atoms with Gasteiger partial charge in [-0.1, -0.05) is 12.5 Å². The number of aromatic nitrogens is 1. The smallest absolute Gasteiger partial charge is 0.214 e. The summed E-state index contributed by atoms with van der Waals surface area (Å²) in [5.74, 6) is 0.740. The predicted octanol–water partition coefficient (Wildman–Crippen LogP) is 2.90. The number of fused-ring (bicyclic) bond motifs is 2. The first-order valence-corrected chi connectivity index (χ1v) is 7.14. The molecular formula is C13H17BrN2O. The number of rotatable bonds is 2. The van der Waals surface area contributed by atoms with Crippen LogP contribution in [0, 0.1) is 0 Å². The average molecular weight is 297 g/mol. The van der Waals surface area contributed by atoms with Gasteiger partial charge in [0.1, 0.15) is 10.7 Å². The Morgan fingerprint density at radius 3 is 2.71 bits per heavy atom. The van der Waals surface area contributed by atoms with Crippen molar-refractivity contribution < 1.29 is 4.74 Å². The second kappa shape index (κ2) is 4.94. The molecule has 0 radical (unpaired) electrons. The highest BCUT2D eigenvalue weighted by atomic mass is 79.9. The molecule has 3 nitrogen and oxygen atoms in total. The van der Waals surface area contributed by atoms with E-state index >= 15 is 0 Å². The number of hydrogen-bond donors (Lipinski definition) is 1. The van der Waals surface area contributed by atoms with Gasteiger partial charge < -0.3 is 10.1 Å². The van der Waals surface area contributed by atoms with E-state index in [2.05, 4.69) is 26.2 Å². The maximum Gasteiger partial charge on any atom is 0.214 e. The Bertz CT molecular complexity index is 387. The molecule has 3 heterocycles. The fraction of sp³-hybridized carbons (Fsp3) is 0.615. The maximum atomic E-state index is 5.99. The second-order valence-corrected chi connectivity index (χ2v) is 5.81. The maximum absolute atomic E-state index is 5.99. The van der Waals surface area contributed by atoms with Gasteiger partial charge >= 0.3 is 0 Å². The van der Waals surface area contributed by atoms with Crippen LogP contribution >= 0.6 is 15.9 Å². The van der Waals surface area contributed by atoms with Crippen LogP contribution in [0.1, 0.15) is 32.1 Å². The van der Waals surface area contributed by atoms with Crippen LogP contribution in [0.15, 0.2) is 22.8 Å². The van der Waals surface area contributed by atoms with E-state index in [4.69, 9.17) is 4.74 Å². The average Bonchev–Trinajstić information content (AvgIpc) is 2.28. The van der Waals surface area contributed by atoms with Gasteiger partial charge in [0.25, 0.3) is 0 Å². The second-order valence-electron chi connectivity index (χ2n) is 5.00. The molecule has 2 atom stereocenters. The van der Waals surface area contributed by atoms with E-state index in [1.54, 1.807) is 0 Å². The molecule has 2 fully saturated rings. The minimum absolute atomic E-state index is 0.327. The van der Waals surface area contributed by atoms with Crippen LogP contribution in [0.5, 0.6) is 5.88 Å². The molecule has 0 aromatic carbocycles. The summed E-state index contributed by atoms with van der Waals surface area (Å²) in [5.41, 5.74) is 0. The molecule has 92 valence electrons. The fourth-order valence-electron chi connectivity index (χ4n) is 2.94. The van der Waals surface area contributed by atoms with E-state index in [0.29, 0.717) is 18.2 Å². The van der Waals surface area contributed by atoms with Crippen LogP contribution in [-0.4, -0.2) is 23.2 Å². The van der Waals surface area contributed by atoms with Crippen LogP contribution in [-0.2, 0) is 0 Å². The first-order chi connectivity index (χ1) is 8.29. The van der Waals surface area contributed by atoms with Crippen LogP contribution in [0.2, 0.25) is 0 Å². The molecule has 2 saturated heterocycles. The highest BCUT2D eigenvalue weighted by Gasteiger charge is 2.32. The van der Waals surface area contributed by atoms with Crippen molar-refractivity contribution in [1.82, 2.24) is 10.3 Å². The lowest BCUT2D eigenvalue weighted by molar-refractivity contribution is 0.0888. The first kappa shape index (κ1) is 11.5. The minimum Gasteiger partial charge on any atom is -0.474 e. The standard InChI is InChI=1S/C13H17BrN2O/c14-12-5-2-6-13(16-12)17-11-7-9-3-1-4-10(8-11)15-9/h2,5-6,9-11,15H,1,3-4,7-8H2. The van der Waals surface area contributed by atoms with Crippen molar-refractivity contribution >= 4 is 15.9 Å². The number of nitrogens with one attached hydrogen (secondary N) is 1. The lowest BCUT2D eigenvalue weighted by Crippen LogP contribution is -2.51. The molecule has 1 aromatic heterocycles. The van der Waals surface area contributed by atoms with E-state index in [1.807, 2.05) is 18.2 Å². The van der Waals surface area contributed by atoms with Crippen LogP contribution in [0.25, 0.3) is 0 Å². The molecule has 4 heteroatoms. The van der Waals surface area contributed by atoms with Gasteiger partial charge in [-0.05, 0) is 47.7 Å². The highest BCUT2D eigenvalue weighted by molar-refractivity contribution is 9.10. The number of hydrogen-bond acceptors (Lipinski definition) is 3. The molecule has 17 heavy (non-hydrogen) atoms. The van der Waals surface area contributed by atoms with Gasteiger partial charge in [-0.15, -0.1) is 0 Å². The minimum atomic E-state index is 0.327. The fourth-order valence-corrected chi connectivity index (χ4v) is 3.26. The summed E-state index contributed by atoms with van der Waals surface area (Å²) in [5, 5.41) is 3.67. The molecule has 0 spiro atoms. The Kier molecular flexibility index (Phi) is 3.34. The van der Waals surface area contributed by atoms with Crippen molar-refractivity contribution in [3.8, 4) is 5.88 Å².